The van der Waals surface area contributed by atoms with Gasteiger partial charge in [-0.05, 0) is 68.6 Å². The van der Waals surface area contributed by atoms with Crippen molar-refractivity contribution in [3.63, 3.8) is 0 Å². The number of hydrogen-bond donors (Lipinski definition) is 2. The van der Waals surface area contributed by atoms with Crippen molar-refractivity contribution in [2.24, 2.45) is 23.2 Å². The molecule has 4 bridgehead atoms. The predicted molar refractivity (Wildman–Crippen MR) is 123 cm³/mol. The Kier molecular flexibility index (Phi) is 6.15. The van der Waals surface area contributed by atoms with Crippen molar-refractivity contribution in [2.45, 2.75) is 58.0 Å². The molecule has 0 aliphatic heterocycles. The Balaban J connectivity index is 1.17. The topological polar surface area (TPSA) is 111 Å². The van der Waals surface area contributed by atoms with Gasteiger partial charge < -0.3 is 19.9 Å². The summed E-state index contributed by atoms with van der Waals surface area (Å²) in [6.45, 7) is 1.44. The highest BCUT2D eigenvalue weighted by Gasteiger charge is 2.51. The van der Waals surface area contributed by atoms with Crippen molar-refractivity contribution in [1.82, 2.24) is 10.5 Å². The summed E-state index contributed by atoms with van der Waals surface area (Å²) in [7, 11) is 0. The Hall–Kier alpha value is -3.16. The van der Waals surface area contributed by atoms with E-state index in [2.05, 4.69) is 15.8 Å². The molecular formula is C26H31N3O5. The number of aryl methyl sites for hydroxylation is 1. The molecule has 0 saturated heterocycles. The first-order valence-corrected chi connectivity index (χ1v) is 12.1. The lowest BCUT2D eigenvalue weighted by Gasteiger charge is -2.56. The molecule has 180 valence electrons. The molecule has 2 amide bonds. The summed E-state index contributed by atoms with van der Waals surface area (Å²) in [6.07, 6.45) is 6.67. The van der Waals surface area contributed by atoms with Crippen LogP contribution in [0, 0.1) is 30.1 Å². The minimum absolute atomic E-state index is 0.102. The van der Waals surface area contributed by atoms with Crippen molar-refractivity contribution in [3.8, 4) is 0 Å². The normalized spacial score (nSPS) is 27.7. The minimum Gasteiger partial charge on any atom is -0.446 e. The van der Waals surface area contributed by atoms with Gasteiger partial charge >= 0.3 is 5.97 Å². The van der Waals surface area contributed by atoms with Crippen LogP contribution in [-0.4, -0.2) is 29.5 Å². The van der Waals surface area contributed by atoms with Gasteiger partial charge in [-0.1, -0.05) is 35.5 Å². The Morgan fingerprint density at radius 3 is 2.32 bits per heavy atom. The number of nitrogens with zero attached hydrogens (tertiary/aromatic N) is 1. The summed E-state index contributed by atoms with van der Waals surface area (Å²) in [5, 5.41) is 9.10. The fourth-order valence-corrected chi connectivity index (χ4v) is 6.77. The van der Waals surface area contributed by atoms with Gasteiger partial charge in [0.25, 0.3) is 5.91 Å². The van der Waals surface area contributed by atoms with E-state index < -0.39 is 18.0 Å². The van der Waals surface area contributed by atoms with Gasteiger partial charge in [-0.25, -0.2) is 0 Å². The lowest BCUT2D eigenvalue weighted by molar-refractivity contribution is -0.154. The summed E-state index contributed by atoms with van der Waals surface area (Å²) < 4.78 is 10.5. The van der Waals surface area contributed by atoms with Gasteiger partial charge in [0.05, 0.1) is 0 Å². The molecule has 1 aromatic heterocycles. The number of nitrogens with one attached hydrogen (secondary N) is 2. The van der Waals surface area contributed by atoms with Gasteiger partial charge in [0.1, 0.15) is 12.3 Å². The third-order valence-electron chi connectivity index (χ3n) is 7.60. The van der Waals surface area contributed by atoms with Crippen LogP contribution in [0.1, 0.15) is 62.4 Å². The highest BCUT2D eigenvalue weighted by molar-refractivity contribution is 5.95. The van der Waals surface area contributed by atoms with Crippen LogP contribution in [0.25, 0.3) is 0 Å². The fraction of sp³-hybridized carbons (Fsp3) is 0.538. The monoisotopic (exact) mass is 465 g/mol. The third-order valence-corrected chi connectivity index (χ3v) is 7.60. The first-order valence-electron chi connectivity index (χ1n) is 12.1. The second-order valence-electron chi connectivity index (χ2n) is 10.5. The van der Waals surface area contributed by atoms with E-state index in [1.807, 2.05) is 6.07 Å². The van der Waals surface area contributed by atoms with Crippen LogP contribution in [0.5, 0.6) is 0 Å². The standard InChI is InChI=1S/C26H31N3O5/c1-16-7-21(29-34-16)28-25(32)24(20-5-3-2-4-6-20)33-23(31)15-27-22(30)14-26-11-17-8-18(12-26)10-19(9-17)13-26/h2-7,17-19,24H,8-15H2,1H3,(H,27,30)(H,28,29,32). The molecular weight excluding hydrogens is 434 g/mol. The molecule has 4 saturated carbocycles. The number of carbonyl (C=O) groups is 3. The Morgan fingerprint density at radius 1 is 1.09 bits per heavy atom. The lowest BCUT2D eigenvalue weighted by Crippen LogP contribution is -2.48. The van der Waals surface area contributed by atoms with Crippen LogP contribution in [0.2, 0.25) is 0 Å². The van der Waals surface area contributed by atoms with E-state index in [4.69, 9.17) is 9.26 Å². The first kappa shape index (κ1) is 22.6. The first-order chi connectivity index (χ1) is 16.4. The molecule has 4 aliphatic carbocycles. The average molecular weight is 466 g/mol. The zero-order valence-electron chi connectivity index (χ0n) is 19.4. The number of aromatic nitrogens is 1. The van der Waals surface area contributed by atoms with Crippen molar-refractivity contribution in [1.29, 1.82) is 0 Å². The number of amides is 2. The minimum atomic E-state index is -1.18. The number of benzene rings is 1. The summed E-state index contributed by atoms with van der Waals surface area (Å²) in [4.78, 5) is 38.2. The molecule has 1 unspecified atom stereocenters. The van der Waals surface area contributed by atoms with Crippen molar-refractivity contribution >= 4 is 23.6 Å². The molecule has 34 heavy (non-hydrogen) atoms. The quantitative estimate of drug-likeness (QED) is 0.572. The van der Waals surface area contributed by atoms with Crippen molar-refractivity contribution < 1.29 is 23.6 Å². The maximum absolute atomic E-state index is 12.9. The number of ether oxygens (including phenoxy) is 1. The maximum atomic E-state index is 12.9. The lowest BCUT2D eigenvalue weighted by atomic mass is 9.49. The van der Waals surface area contributed by atoms with Crippen LogP contribution in [0.3, 0.4) is 0 Å². The molecule has 4 fully saturated rings. The van der Waals surface area contributed by atoms with Crippen LogP contribution in [-0.2, 0) is 19.1 Å². The number of anilines is 1. The van der Waals surface area contributed by atoms with E-state index in [0.29, 0.717) is 17.7 Å². The molecule has 0 spiro atoms. The molecule has 2 aromatic rings. The maximum Gasteiger partial charge on any atom is 0.326 e. The number of esters is 1. The summed E-state index contributed by atoms with van der Waals surface area (Å²) >= 11 is 0. The van der Waals surface area contributed by atoms with E-state index in [-0.39, 0.29) is 23.7 Å². The van der Waals surface area contributed by atoms with E-state index >= 15 is 0 Å². The Bertz CT molecular complexity index is 1030. The van der Waals surface area contributed by atoms with Crippen LogP contribution < -0.4 is 10.6 Å². The molecule has 0 radical (unpaired) electrons. The number of carbonyl (C=O) groups excluding carboxylic acids is 3. The molecule has 4 aliphatic rings. The van der Waals surface area contributed by atoms with Gasteiger partial charge in [-0.2, -0.15) is 0 Å². The molecule has 1 atom stereocenters. The highest BCUT2D eigenvalue weighted by Crippen LogP contribution is 2.61. The van der Waals surface area contributed by atoms with Gasteiger partial charge in [0, 0.05) is 18.1 Å². The highest BCUT2D eigenvalue weighted by atomic mass is 16.5. The molecule has 2 N–H and O–H groups in total. The molecule has 1 heterocycles. The van der Waals surface area contributed by atoms with E-state index in [9.17, 15) is 14.4 Å². The van der Waals surface area contributed by atoms with Gasteiger partial charge in [-0.3, -0.25) is 14.4 Å². The molecule has 8 heteroatoms. The molecule has 6 rings (SSSR count). The average Bonchev–Trinajstić information content (AvgIpc) is 3.19. The Labute approximate surface area is 198 Å². The van der Waals surface area contributed by atoms with Gasteiger partial charge in [-0.15, -0.1) is 0 Å². The van der Waals surface area contributed by atoms with Crippen LogP contribution >= 0.6 is 0 Å². The summed E-state index contributed by atoms with van der Waals surface area (Å²) in [5.41, 5.74) is 0.624. The summed E-state index contributed by atoms with van der Waals surface area (Å²) in [5.74, 6) is 1.76. The second kappa shape index (κ2) is 9.24. The second-order valence-corrected chi connectivity index (χ2v) is 10.5. The fourth-order valence-electron chi connectivity index (χ4n) is 6.77. The number of rotatable bonds is 8. The Morgan fingerprint density at radius 2 is 1.74 bits per heavy atom. The van der Waals surface area contributed by atoms with Crippen LogP contribution in [0.15, 0.2) is 40.9 Å². The zero-order valence-corrected chi connectivity index (χ0v) is 19.4. The van der Waals surface area contributed by atoms with E-state index in [1.165, 1.54) is 19.3 Å². The predicted octanol–water partition coefficient (Wildman–Crippen LogP) is 3.93. The van der Waals surface area contributed by atoms with E-state index in [1.54, 1.807) is 37.3 Å². The SMILES string of the molecule is Cc1cc(NC(=O)C(OC(=O)CNC(=O)CC23CC4CC(CC(C4)C2)C3)c2ccccc2)no1. The smallest absolute Gasteiger partial charge is 0.326 e. The summed E-state index contributed by atoms with van der Waals surface area (Å²) in [6, 6.07) is 10.3. The van der Waals surface area contributed by atoms with Crippen molar-refractivity contribution in [2.75, 3.05) is 11.9 Å². The zero-order chi connectivity index (χ0) is 23.7. The molecule has 8 nitrogen and oxygen atoms in total. The van der Waals surface area contributed by atoms with E-state index in [0.717, 1.165) is 37.0 Å². The largest absolute Gasteiger partial charge is 0.446 e. The van der Waals surface area contributed by atoms with Gasteiger partial charge in [0.2, 0.25) is 12.0 Å². The van der Waals surface area contributed by atoms with Gasteiger partial charge in [0.15, 0.2) is 5.82 Å². The number of hydrogen-bond acceptors (Lipinski definition) is 6. The van der Waals surface area contributed by atoms with Crippen LogP contribution in [0.4, 0.5) is 5.82 Å². The van der Waals surface area contributed by atoms with Crippen molar-refractivity contribution in [3.05, 3.63) is 47.7 Å². The molecule has 1 aromatic carbocycles. The third kappa shape index (κ3) is 5.00.